The van der Waals surface area contributed by atoms with Gasteiger partial charge in [-0.1, -0.05) is 22.0 Å². The van der Waals surface area contributed by atoms with Crippen LogP contribution in [-0.2, 0) is 21.4 Å². The summed E-state index contributed by atoms with van der Waals surface area (Å²) in [6.45, 7) is -0.886. The van der Waals surface area contributed by atoms with Gasteiger partial charge in [0.15, 0.2) is 11.6 Å². The van der Waals surface area contributed by atoms with E-state index in [1.807, 2.05) is 0 Å². The zero-order valence-electron chi connectivity index (χ0n) is 19.1. The Hall–Kier alpha value is -2.58. The van der Waals surface area contributed by atoms with E-state index in [9.17, 15) is 23.4 Å². The molecule has 2 N–H and O–H groups in total. The first-order chi connectivity index (χ1) is 17.3. The molecular formula is C22H24ClF3N6O4. The van der Waals surface area contributed by atoms with Crippen molar-refractivity contribution in [3.05, 3.63) is 46.9 Å². The molecule has 10 nitrogen and oxygen atoms in total. The number of rotatable bonds is 8. The Morgan fingerprint density at radius 2 is 1.94 bits per heavy atom. The number of alkyl halides is 1. The van der Waals surface area contributed by atoms with E-state index < -0.39 is 60.8 Å². The molecule has 0 unspecified atom stereocenters. The Balaban J connectivity index is 1.43. The normalized spacial score (nSPS) is 27.4. The number of aromatic nitrogens is 6. The highest BCUT2D eigenvalue weighted by Crippen LogP contribution is 2.47. The van der Waals surface area contributed by atoms with Crippen molar-refractivity contribution in [2.45, 2.75) is 55.3 Å². The molecule has 0 spiro atoms. The third-order valence-electron chi connectivity index (χ3n) is 6.92. The van der Waals surface area contributed by atoms with Crippen LogP contribution in [0.5, 0.6) is 0 Å². The molecule has 0 amide bonds. The van der Waals surface area contributed by atoms with E-state index >= 15 is 0 Å². The number of halogens is 4. The zero-order chi connectivity index (χ0) is 25.6. The first kappa shape index (κ1) is 25.1. The molecule has 2 aliphatic rings. The lowest BCUT2D eigenvalue weighted by Crippen LogP contribution is -2.57. The van der Waals surface area contributed by atoms with Gasteiger partial charge >= 0.3 is 0 Å². The average Bonchev–Trinajstić information content (AvgIpc) is 3.28. The van der Waals surface area contributed by atoms with Gasteiger partial charge in [0.05, 0.1) is 30.1 Å². The highest BCUT2D eigenvalue weighted by Gasteiger charge is 2.49. The number of benzene rings is 1. The summed E-state index contributed by atoms with van der Waals surface area (Å²) >= 11 is 5.64. The molecule has 0 bridgehead atoms. The summed E-state index contributed by atoms with van der Waals surface area (Å²) in [5.74, 6) is -2.39. The maximum absolute atomic E-state index is 14.5. The predicted octanol–water partition coefficient (Wildman–Crippen LogP) is 1.85. The Labute approximate surface area is 208 Å². The van der Waals surface area contributed by atoms with Crippen LogP contribution in [0.25, 0.3) is 11.3 Å². The zero-order valence-corrected chi connectivity index (χ0v) is 19.9. The van der Waals surface area contributed by atoms with Crippen molar-refractivity contribution in [1.29, 1.82) is 0 Å². The number of methoxy groups -OCH3 is 1. The lowest BCUT2D eigenvalue weighted by Gasteiger charge is -2.43. The molecule has 3 heterocycles. The standard InChI is InChI=1S/C22H24ClF3N6O4/c1-35-21-14(7-31-8-16(28-29-31)22(10-24)4-5-22)36-15(9-33)20(34)19(21)32-6-13(27-30-32)11-2-3-12(23)18(26)17(11)25/h2-3,6,8,14-15,19-21,33-34H,4-5,7,9-10H2,1H3/t14-,15-,19+,20+,21+/m1/s1. The minimum atomic E-state index is -1.27. The minimum Gasteiger partial charge on any atom is -0.394 e. The van der Waals surface area contributed by atoms with Crippen LogP contribution < -0.4 is 0 Å². The van der Waals surface area contributed by atoms with Crippen LogP contribution >= 0.6 is 11.6 Å². The molecule has 1 aliphatic carbocycles. The monoisotopic (exact) mass is 528 g/mol. The molecule has 1 saturated heterocycles. The third kappa shape index (κ3) is 4.28. The summed E-state index contributed by atoms with van der Waals surface area (Å²) in [5.41, 5.74) is -0.170. The Bertz CT molecular complexity index is 1240. The lowest BCUT2D eigenvalue weighted by molar-refractivity contribution is -0.216. The second kappa shape index (κ2) is 9.71. The third-order valence-corrected chi connectivity index (χ3v) is 7.21. The van der Waals surface area contributed by atoms with Gasteiger partial charge in [0.2, 0.25) is 0 Å². The molecule has 1 aliphatic heterocycles. The summed E-state index contributed by atoms with van der Waals surface area (Å²) in [4.78, 5) is 0. The number of nitrogens with zero attached hydrogens (tertiary/aromatic N) is 6. The summed E-state index contributed by atoms with van der Waals surface area (Å²) in [6, 6.07) is 1.57. The van der Waals surface area contributed by atoms with Crippen molar-refractivity contribution in [2.75, 3.05) is 20.4 Å². The smallest absolute Gasteiger partial charge is 0.178 e. The fourth-order valence-corrected chi connectivity index (χ4v) is 4.75. The number of aliphatic hydroxyl groups is 2. The van der Waals surface area contributed by atoms with E-state index in [0.29, 0.717) is 18.5 Å². The highest BCUT2D eigenvalue weighted by molar-refractivity contribution is 6.30. The molecule has 194 valence electrons. The van der Waals surface area contributed by atoms with Gasteiger partial charge in [-0.25, -0.2) is 18.1 Å². The van der Waals surface area contributed by atoms with Gasteiger partial charge in [-0.3, -0.25) is 4.39 Å². The topological polar surface area (TPSA) is 120 Å². The Morgan fingerprint density at radius 3 is 2.61 bits per heavy atom. The maximum atomic E-state index is 14.5. The van der Waals surface area contributed by atoms with Gasteiger partial charge in [0.1, 0.15) is 42.8 Å². The Kier molecular flexibility index (Phi) is 6.76. The maximum Gasteiger partial charge on any atom is 0.178 e. The molecule has 2 fully saturated rings. The van der Waals surface area contributed by atoms with Gasteiger partial charge in [0.25, 0.3) is 0 Å². The van der Waals surface area contributed by atoms with E-state index in [1.165, 1.54) is 34.8 Å². The van der Waals surface area contributed by atoms with Gasteiger partial charge in [-0.15, -0.1) is 10.2 Å². The van der Waals surface area contributed by atoms with Crippen LogP contribution in [-0.4, -0.2) is 85.0 Å². The summed E-state index contributed by atoms with van der Waals surface area (Å²) < 4.78 is 56.2. The van der Waals surface area contributed by atoms with Crippen LogP contribution in [0.15, 0.2) is 24.5 Å². The van der Waals surface area contributed by atoms with Crippen molar-refractivity contribution in [3.8, 4) is 11.3 Å². The highest BCUT2D eigenvalue weighted by atomic mass is 35.5. The molecule has 36 heavy (non-hydrogen) atoms. The number of aliphatic hydroxyl groups excluding tert-OH is 2. The molecule has 5 atom stereocenters. The van der Waals surface area contributed by atoms with Gasteiger partial charge in [0, 0.05) is 24.3 Å². The fourth-order valence-electron chi connectivity index (χ4n) is 4.61. The molecule has 5 rings (SSSR count). The van der Waals surface area contributed by atoms with Crippen molar-refractivity contribution < 1.29 is 32.9 Å². The number of hydrogen-bond acceptors (Lipinski definition) is 8. The van der Waals surface area contributed by atoms with Gasteiger partial charge in [-0.05, 0) is 25.0 Å². The Morgan fingerprint density at radius 1 is 1.17 bits per heavy atom. The molecule has 0 radical (unpaired) electrons. The molecule has 1 aromatic carbocycles. The summed E-state index contributed by atoms with van der Waals surface area (Å²) in [5, 5.41) is 36.6. The quantitative estimate of drug-likeness (QED) is 0.425. The van der Waals surface area contributed by atoms with E-state index in [4.69, 9.17) is 21.1 Å². The lowest BCUT2D eigenvalue weighted by atomic mass is 9.92. The molecule has 1 saturated carbocycles. The average molecular weight is 529 g/mol. The summed E-state index contributed by atoms with van der Waals surface area (Å²) in [7, 11) is 1.42. The first-order valence-electron chi connectivity index (χ1n) is 11.3. The van der Waals surface area contributed by atoms with E-state index in [0.717, 1.165) is 0 Å². The van der Waals surface area contributed by atoms with Crippen molar-refractivity contribution >= 4 is 11.6 Å². The number of hydrogen-bond donors (Lipinski definition) is 2. The SMILES string of the molecule is CO[C@@H]1[C@@H](n2cc(-c3ccc(Cl)c(F)c3F)nn2)[C@@H](O)[C@@H](CO)O[C@@H]1Cn1cc(C2(CF)CC2)nn1. The van der Waals surface area contributed by atoms with Crippen LogP contribution in [0.3, 0.4) is 0 Å². The predicted molar refractivity (Wildman–Crippen MR) is 119 cm³/mol. The second-order valence-corrected chi connectivity index (χ2v) is 9.53. The van der Waals surface area contributed by atoms with E-state index in [2.05, 4.69) is 20.6 Å². The van der Waals surface area contributed by atoms with Crippen LogP contribution in [0.4, 0.5) is 13.2 Å². The largest absolute Gasteiger partial charge is 0.394 e. The van der Waals surface area contributed by atoms with Crippen molar-refractivity contribution in [3.63, 3.8) is 0 Å². The van der Waals surface area contributed by atoms with E-state index in [-0.39, 0.29) is 22.8 Å². The second-order valence-electron chi connectivity index (χ2n) is 9.12. The van der Waals surface area contributed by atoms with Crippen LogP contribution in [0.2, 0.25) is 5.02 Å². The molecule has 2 aromatic heterocycles. The molecule has 3 aromatic rings. The minimum absolute atomic E-state index is 0.00980. The fraction of sp³-hybridized carbons (Fsp3) is 0.545. The molecular weight excluding hydrogens is 505 g/mol. The van der Waals surface area contributed by atoms with E-state index in [1.54, 1.807) is 6.20 Å². The van der Waals surface area contributed by atoms with Crippen molar-refractivity contribution in [2.24, 2.45) is 0 Å². The van der Waals surface area contributed by atoms with Crippen molar-refractivity contribution in [1.82, 2.24) is 30.0 Å². The van der Waals surface area contributed by atoms with Gasteiger partial charge < -0.3 is 19.7 Å². The summed E-state index contributed by atoms with van der Waals surface area (Å²) in [6.07, 6.45) is 0.585. The van der Waals surface area contributed by atoms with Crippen LogP contribution in [0.1, 0.15) is 24.6 Å². The molecule has 14 heteroatoms. The number of ether oxygens (including phenoxy) is 2. The first-order valence-corrected chi connectivity index (χ1v) is 11.7. The van der Waals surface area contributed by atoms with Crippen LogP contribution in [0, 0.1) is 11.6 Å². The van der Waals surface area contributed by atoms with Gasteiger partial charge in [-0.2, -0.15) is 0 Å².